The Morgan fingerprint density at radius 2 is 2.21 bits per heavy atom. The van der Waals surface area contributed by atoms with Gasteiger partial charge in [0.25, 0.3) is 0 Å². The van der Waals surface area contributed by atoms with E-state index in [9.17, 15) is 0 Å². The van der Waals surface area contributed by atoms with E-state index in [-0.39, 0.29) is 0 Å². The zero-order chi connectivity index (χ0) is 10.2. The minimum atomic E-state index is 0.758. The van der Waals surface area contributed by atoms with Gasteiger partial charge in [0, 0.05) is 23.9 Å². The third kappa shape index (κ3) is 4.06. The number of hydrogen-bond acceptors (Lipinski definition) is 2. The molecule has 0 fully saturated rings. The minimum absolute atomic E-state index is 0.758. The van der Waals surface area contributed by atoms with Crippen molar-refractivity contribution in [3.05, 3.63) is 29.6 Å². The molecule has 1 rings (SSSR count). The zero-order valence-electron chi connectivity index (χ0n) is 8.59. The molecule has 1 aromatic heterocycles. The lowest BCUT2D eigenvalue weighted by Crippen LogP contribution is -1.96. The summed E-state index contributed by atoms with van der Waals surface area (Å²) in [6.07, 6.45) is 4.87. The van der Waals surface area contributed by atoms with Crippen molar-refractivity contribution >= 4 is 0 Å². The van der Waals surface area contributed by atoms with E-state index < -0.39 is 0 Å². The Morgan fingerprint density at radius 3 is 2.86 bits per heavy atom. The molecule has 0 amide bonds. The fourth-order valence-electron chi connectivity index (χ4n) is 1.06. The van der Waals surface area contributed by atoms with Crippen LogP contribution in [0.3, 0.4) is 0 Å². The molecule has 0 bridgehead atoms. The summed E-state index contributed by atoms with van der Waals surface area (Å²) >= 11 is 0. The molecule has 14 heavy (non-hydrogen) atoms. The number of nitrogens with two attached hydrogens (primary N) is 1. The molecule has 1 aromatic rings. The summed E-state index contributed by atoms with van der Waals surface area (Å²) in [6, 6.07) is 3.97. The number of hydrogen-bond donors (Lipinski definition) is 1. The van der Waals surface area contributed by atoms with E-state index in [1.54, 1.807) is 0 Å². The Labute approximate surface area is 85.5 Å². The second kappa shape index (κ2) is 6.17. The predicted octanol–water partition coefficient (Wildman–Crippen LogP) is 1.87. The quantitative estimate of drug-likeness (QED) is 0.581. The van der Waals surface area contributed by atoms with E-state index in [0.717, 1.165) is 37.1 Å². The van der Waals surface area contributed by atoms with Gasteiger partial charge in [-0.15, -0.1) is 0 Å². The summed E-state index contributed by atoms with van der Waals surface area (Å²) in [6.45, 7) is 2.73. The first kappa shape index (κ1) is 10.7. The number of aryl methyl sites for hydroxylation is 1. The Bertz CT molecular complexity index is 316. The summed E-state index contributed by atoms with van der Waals surface area (Å²) in [5.41, 5.74) is 7.40. The molecule has 2 N–H and O–H groups in total. The molecule has 0 aliphatic rings. The molecule has 0 saturated carbocycles. The molecule has 74 valence electrons. The number of rotatable bonds is 3. The fraction of sp³-hybridized carbons (Fsp3) is 0.417. The van der Waals surface area contributed by atoms with Crippen LogP contribution < -0.4 is 5.73 Å². The van der Waals surface area contributed by atoms with Gasteiger partial charge in [0.15, 0.2) is 0 Å². The molecule has 2 nitrogen and oxygen atoms in total. The Hall–Kier alpha value is -1.33. The van der Waals surface area contributed by atoms with Gasteiger partial charge in [0.1, 0.15) is 0 Å². The van der Waals surface area contributed by atoms with Gasteiger partial charge in [-0.3, -0.25) is 4.98 Å². The van der Waals surface area contributed by atoms with Crippen LogP contribution in [0.15, 0.2) is 18.3 Å². The molecule has 2 heteroatoms. The summed E-state index contributed by atoms with van der Waals surface area (Å²) in [5.74, 6) is 6.19. The van der Waals surface area contributed by atoms with Crippen molar-refractivity contribution in [2.75, 3.05) is 6.54 Å². The van der Waals surface area contributed by atoms with Crippen LogP contribution in [-0.2, 0) is 0 Å². The summed E-state index contributed by atoms with van der Waals surface area (Å²) in [5, 5.41) is 0. The molecule has 0 aliphatic carbocycles. The first-order valence-corrected chi connectivity index (χ1v) is 4.94. The maximum absolute atomic E-state index is 5.38. The van der Waals surface area contributed by atoms with Gasteiger partial charge in [-0.05, 0) is 38.4 Å². The van der Waals surface area contributed by atoms with Crippen LogP contribution in [0, 0.1) is 18.8 Å². The minimum Gasteiger partial charge on any atom is -0.330 e. The standard InChI is InChI=1S/C12H16N2/c1-11-7-8-12(10-14-11)6-4-2-3-5-9-13/h7-8,10H,2-3,5,9,13H2,1H3. The van der Waals surface area contributed by atoms with Crippen LogP contribution in [0.1, 0.15) is 30.5 Å². The largest absolute Gasteiger partial charge is 0.330 e. The zero-order valence-corrected chi connectivity index (χ0v) is 8.59. The van der Waals surface area contributed by atoms with Gasteiger partial charge >= 0.3 is 0 Å². The lowest BCUT2D eigenvalue weighted by molar-refractivity contribution is 0.768. The fourth-order valence-corrected chi connectivity index (χ4v) is 1.06. The lowest BCUT2D eigenvalue weighted by Gasteiger charge is -1.91. The number of unbranched alkanes of at least 4 members (excludes halogenated alkanes) is 2. The van der Waals surface area contributed by atoms with Gasteiger partial charge in [-0.25, -0.2) is 0 Å². The number of nitrogens with zero attached hydrogens (tertiary/aromatic N) is 1. The summed E-state index contributed by atoms with van der Waals surface area (Å²) < 4.78 is 0. The highest BCUT2D eigenvalue weighted by Gasteiger charge is 1.86. The molecule has 0 atom stereocenters. The van der Waals surface area contributed by atoms with E-state index in [4.69, 9.17) is 5.73 Å². The van der Waals surface area contributed by atoms with Crippen LogP contribution in [0.4, 0.5) is 0 Å². The number of pyridine rings is 1. The van der Waals surface area contributed by atoms with E-state index in [2.05, 4.69) is 16.8 Å². The third-order valence-corrected chi connectivity index (χ3v) is 1.90. The topological polar surface area (TPSA) is 38.9 Å². The monoisotopic (exact) mass is 188 g/mol. The van der Waals surface area contributed by atoms with Gasteiger partial charge in [-0.1, -0.05) is 11.8 Å². The maximum Gasteiger partial charge on any atom is 0.0428 e. The Kier molecular flexibility index (Phi) is 4.74. The third-order valence-electron chi connectivity index (χ3n) is 1.90. The molecule has 0 spiro atoms. The van der Waals surface area contributed by atoms with Crippen molar-refractivity contribution in [1.29, 1.82) is 0 Å². The van der Waals surface area contributed by atoms with Gasteiger partial charge in [-0.2, -0.15) is 0 Å². The molecule has 0 saturated heterocycles. The van der Waals surface area contributed by atoms with Crippen molar-refractivity contribution in [3.63, 3.8) is 0 Å². The summed E-state index contributed by atoms with van der Waals surface area (Å²) in [7, 11) is 0. The average molecular weight is 188 g/mol. The Morgan fingerprint density at radius 1 is 1.36 bits per heavy atom. The smallest absolute Gasteiger partial charge is 0.0428 e. The molecule has 1 heterocycles. The lowest BCUT2D eigenvalue weighted by atomic mass is 10.2. The predicted molar refractivity (Wildman–Crippen MR) is 58.8 cm³/mol. The highest BCUT2D eigenvalue weighted by molar-refractivity contribution is 5.32. The molecule has 0 aliphatic heterocycles. The number of aromatic nitrogens is 1. The van der Waals surface area contributed by atoms with E-state index >= 15 is 0 Å². The molecule has 0 aromatic carbocycles. The van der Waals surface area contributed by atoms with Gasteiger partial charge < -0.3 is 5.73 Å². The normalized spacial score (nSPS) is 9.29. The van der Waals surface area contributed by atoms with Crippen molar-refractivity contribution in [2.24, 2.45) is 5.73 Å². The van der Waals surface area contributed by atoms with Crippen molar-refractivity contribution < 1.29 is 0 Å². The first-order valence-electron chi connectivity index (χ1n) is 4.94. The molecule has 0 radical (unpaired) electrons. The highest BCUT2D eigenvalue weighted by Crippen LogP contribution is 1.97. The van der Waals surface area contributed by atoms with E-state index in [0.29, 0.717) is 0 Å². The van der Waals surface area contributed by atoms with Crippen LogP contribution in [0.25, 0.3) is 0 Å². The maximum atomic E-state index is 5.38. The molecule has 0 unspecified atom stereocenters. The second-order valence-electron chi connectivity index (χ2n) is 3.24. The first-order chi connectivity index (χ1) is 6.83. The molecular formula is C12H16N2. The Balaban J connectivity index is 2.39. The van der Waals surface area contributed by atoms with Crippen LogP contribution in [0.5, 0.6) is 0 Å². The second-order valence-corrected chi connectivity index (χ2v) is 3.24. The van der Waals surface area contributed by atoms with Crippen LogP contribution in [-0.4, -0.2) is 11.5 Å². The van der Waals surface area contributed by atoms with Gasteiger partial charge in [0.2, 0.25) is 0 Å². The highest BCUT2D eigenvalue weighted by atomic mass is 14.6. The average Bonchev–Trinajstić information content (AvgIpc) is 2.21. The summed E-state index contributed by atoms with van der Waals surface area (Å²) in [4.78, 5) is 4.17. The van der Waals surface area contributed by atoms with E-state index in [1.165, 1.54) is 0 Å². The van der Waals surface area contributed by atoms with Crippen LogP contribution in [0.2, 0.25) is 0 Å². The van der Waals surface area contributed by atoms with Crippen molar-refractivity contribution in [2.45, 2.75) is 26.2 Å². The molecular weight excluding hydrogens is 172 g/mol. The van der Waals surface area contributed by atoms with Gasteiger partial charge in [0.05, 0.1) is 0 Å². The van der Waals surface area contributed by atoms with Crippen molar-refractivity contribution in [1.82, 2.24) is 4.98 Å². The SMILES string of the molecule is Cc1ccc(C#CCCCCN)cn1. The van der Waals surface area contributed by atoms with E-state index in [1.807, 2.05) is 25.3 Å². The van der Waals surface area contributed by atoms with Crippen LogP contribution >= 0.6 is 0 Å². The van der Waals surface area contributed by atoms with Crippen molar-refractivity contribution in [3.8, 4) is 11.8 Å².